The van der Waals surface area contributed by atoms with Crippen molar-refractivity contribution in [1.29, 1.82) is 5.26 Å². The molecule has 168 valence electrons. The third-order valence-electron chi connectivity index (χ3n) is 4.95. The number of aromatic nitrogens is 1. The second-order valence-electron chi connectivity index (χ2n) is 7.31. The predicted molar refractivity (Wildman–Crippen MR) is 128 cm³/mol. The predicted octanol–water partition coefficient (Wildman–Crippen LogP) is 4.22. The van der Waals surface area contributed by atoms with Crippen molar-refractivity contribution in [1.82, 2.24) is 4.57 Å². The van der Waals surface area contributed by atoms with Crippen molar-refractivity contribution in [2.75, 3.05) is 16.8 Å². The molecule has 1 heterocycles. The van der Waals surface area contributed by atoms with Crippen molar-refractivity contribution in [2.45, 2.75) is 25.8 Å². The summed E-state index contributed by atoms with van der Waals surface area (Å²) in [6.45, 7) is 0.527. The van der Waals surface area contributed by atoms with E-state index in [1.807, 2.05) is 42.5 Å². The first-order valence-corrected chi connectivity index (χ1v) is 10.8. The Bertz CT molecular complexity index is 1220. The zero-order valence-electron chi connectivity index (χ0n) is 17.9. The Morgan fingerprint density at radius 1 is 1.00 bits per heavy atom. The van der Waals surface area contributed by atoms with E-state index in [0.717, 1.165) is 5.56 Å². The maximum Gasteiger partial charge on any atom is 0.250 e. The fourth-order valence-electron chi connectivity index (χ4n) is 3.29. The summed E-state index contributed by atoms with van der Waals surface area (Å²) in [7, 11) is 0. The van der Waals surface area contributed by atoms with Gasteiger partial charge in [0, 0.05) is 42.4 Å². The Morgan fingerprint density at radius 2 is 1.73 bits per heavy atom. The summed E-state index contributed by atoms with van der Waals surface area (Å²) in [5.41, 5.74) is 1.70. The number of nitriles is 1. The minimum Gasteiger partial charge on any atom is -0.325 e. The van der Waals surface area contributed by atoms with Crippen molar-refractivity contribution in [2.24, 2.45) is 0 Å². The van der Waals surface area contributed by atoms with Crippen LogP contribution in [-0.4, -0.2) is 22.9 Å². The van der Waals surface area contributed by atoms with E-state index in [9.17, 15) is 14.4 Å². The Balaban J connectivity index is 1.62. The lowest BCUT2D eigenvalue weighted by Gasteiger charge is -2.21. The number of nitrogens with zero attached hydrogens (tertiary/aromatic N) is 3. The van der Waals surface area contributed by atoms with Crippen LogP contribution in [-0.2, 0) is 16.1 Å². The van der Waals surface area contributed by atoms with Crippen molar-refractivity contribution >= 4 is 34.8 Å². The molecule has 8 heteroatoms. The van der Waals surface area contributed by atoms with Crippen molar-refractivity contribution in [3.05, 3.63) is 93.9 Å². The number of anilines is 2. The van der Waals surface area contributed by atoms with Crippen molar-refractivity contribution in [3.63, 3.8) is 0 Å². The molecule has 3 rings (SSSR count). The first-order valence-electron chi connectivity index (χ1n) is 10.4. The molecule has 0 spiro atoms. The van der Waals surface area contributed by atoms with Gasteiger partial charge < -0.3 is 14.8 Å². The van der Waals surface area contributed by atoms with Gasteiger partial charge in [0.2, 0.25) is 11.8 Å². The lowest BCUT2D eigenvalue weighted by atomic mass is 10.2. The summed E-state index contributed by atoms with van der Waals surface area (Å²) >= 11 is 6.18. The third kappa shape index (κ3) is 6.79. The molecule has 0 fully saturated rings. The normalized spacial score (nSPS) is 10.3. The number of pyridine rings is 1. The van der Waals surface area contributed by atoms with Crippen molar-refractivity contribution < 1.29 is 9.59 Å². The van der Waals surface area contributed by atoms with Gasteiger partial charge in [0.05, 0.1) is 24.7 Å². The number of carbonyl (C=O) groups excluding carboxylic acids is 2. The molecule has 0 atom stereocenters. The van der Waals surface area contributed by atoms with Gasteiger partial charge in [0.15, 0.2) is 0 Å². The number of amides is 2. The topological polar surface area (TPSA) is 95.2 Å². The Kier molecular flexibility index (Phi) is 8.39. The molecule has 2 aromatic carbocycles. The van der Waals surface area contributed by atoms with Crippen LogP contribution in [0.5, 0.6) is 0 Å². The molecular weight excluding hydrogens is 440 g/mol. The van der Waals surface area contributed by atoms with Crippen LogP contribution >= 0.6 is 11.6 Å². The van der Waals surface area contributed by atoms with Gasteiger partial charge in [-0.25, -0.2) is 0 Å². The maximum absolute atomic E-state index is 12.7. The van der Waals surface area contributed by atoms with Gasteiger partial charge in [0.25, 0.3) is 5.56 Å². The highest BCUT2D eigenvalue weighted by molar-refractivity contribution is 6.31. The molecular formula is C25H23ClN4O3. The number of para-hydroxylation sites is 1. The van der Waals surface area contributed by atoms with Crippen LogP contribution in [0.25, 0.3) is 0 Å². The van der Waals surface area contributed by atoms with Gasteiger partial charge in [-0.2, -0.15) is 5.26 Å². The van der Waals surface area contributed by atoms with Crippen LogP contribution in [0.3, 0.4) is 0 Å². The molecule has 1 aromatic heterocycles. The van der Waals surface area contributed by atoms with Gasteiger partial charge in [-0.3, -0.25) is 14.4 Å². The number of nitrogens with one attached hydrogen (secondary N) is 1. The maximum atomic E-state index is 12.7. The average Bonchev–Trinajstić information content (AvgIpc) is 2.82. The third-order valence-corrected chi connectivity index (χ3v) is 5.32. The van der Waals surface area contributed by atoms with Gasteiger partial charge in [0.1, 0.15) is 0 Å². The molecule has 1 N–H and O–H groups in total. The summed E-state index contributed by atoms with van der Waals surface area (Å²) in [5.74, 6) is -0.588. The molecule has 0 aliphatic carbocycles. The molecule has 33 heavy (non-hydrogen) atoms. The van der Waals surface area contributed by atoms with Crippen LogP contribution in [0, 0.1) is 11.3 Å². The molecule has 0 saturated heterocycles. The molecule has 0 unspecified atom stereocenters. The highest BCUT2D eigenvalue weighted by atomic mass is 35.5. The van der Waals surface area contributed by atoms with E-state index in [4.69, 9.17) is 16.9 Å². The van der Waals surface area contributed by atoms with Crippen molar-refractivity contribution in [3.8, 4) is 6.07 Å². The molecule has 2 amide bonds. The van der Waals surface area contributed by atoms with Gasteiger partial charge in [-0.15, -0.1) is 0 Å². The second-order valence-corrected chi connectivity index (χ2v) is 7.72. The SMILES string of the molecule is N#CCCN(C(=O)CCC(=O)Nc1ccc(=O)n(Cc2ccccc2Cl)c1)c1ccccc1. The summed E-state index contributed by atoms with van der Waals surface area (Å²) in [4.78, 5) is 38.9. The van der Waals surface area contributed by atoms with Crippen LogP contribution in [0.15, 0.2) is 77.7 Å². The molecule has 0 bridgehead atoms. The largest absolute Gasteiger partial charge is 0.325 e. The second kappa shape index (κ2) is 11.7. The summed E-state index contributed by atoms with van der Waals surface area (Å²) < 4.78 is 1.46. The Labute approximate surface area is 196 Å². The van der Waals surface area contributed by atoms with E-state index in [1.54, 1.807) is 24.4 Å². The lowest BCUT2D eigenvalue weighted by molar-refractivity contribution is -0.122. The van der Waals surface area contributed by atoms with E-state index < -0.39 is 0 Å². The number of benzene rings is 2. The highest BCUT2D eigenvalue weighted by Gasteiger charge is 2.17. The standard InChI is InChI=1S/C25H23ClN4O3/c26-22-10-5-4-7-19(22)17-29-18-20(11-13-24(29)32)28-23(31)12-14-25(33)30(16-6-15-27)21-8-2-1-3-9-21/h1-5,7-11,13,18H,6,12,14,16-17H2,(H,28,31). The summed E-state index contributed by atoms with van der Waals surface area (Å²) in [5, 5.41) is 12.2. The first-order chi connectivity index (χ1) is 16.0. The highest BCUT2D eigenvalue weighted by Crippen LogP contribution is 2.17. The first kappa shape index (κ1) is 23.8. The lowest BCUT2D eigenvalue weighted by Crippen LogP contribution is -2.32. The minimum atomic E-state index is -0.348. The zero-order chi connectivity index (χ0) is 23.6. The summed E-state index contributed by atoms with van der Waals surface area (Å²) in [6.07, 6.45) is 1.71. The van der Waals surface area contributed by atoms with Gasteiger partial charge >= 0.3 is 0 Å². The van der Waals surface area contributed by atoms with Crippen LogP contribution < -0.4 is 15.8 Å². The quantitative estimate of drug-likeness (QED) is 0.515. The molecule has 0 aliphatic heterocycles. The zero-order valence-corrected chi connectivity index (χ0v) is 18.7. The number of halogens is 1. The van der Waals surface area contributed by atoms with E-state index in [2.05, 4.69) is 5.32 Å². The van der Waals surface area contributed by atoms with E-state index in [1.165, 1.54) is 21.6 Å². The molecule has 7 nitrogen and oxygen atoms in total. The number of hydrogen-bond acceptors (Lipinski definition) is 4. The molecule has 0 saturated carbocycles. The van der Waals surface area contributed by atoms with Gasteiger partial charge in [-0.05, 0) is 29.8 Å². The fraction of sp³-hybridized carbons (Fsp3) is 0.200. The van der Waals surface area contributed by atoms with Crippen LogP contribution in [0.2, 0.25) is 5.02 Å². The van der Waals surface area contributed by atoms with E-state index in [0.29, 0.717) is 16.4 Å². The number of rotatable bonds is 9. The monoisotopic (exact) mass is 462 g/mol. The van der Waals surface area contributed by atoms with E-state index >= 15 is 0 Å². The molecule has 0 radical (unpaired) electrons. The molecule has 3 aromatic rings. The van der Waals surface area contributed by atoms with Crippen LogP contribution in [0.4, 0.5) is 11.4 Å². The Hall–Kier alpha value is -3.89. The minimum absolute atomic E-state index is 0.00851. The fourth-order valence-corrected chi connectivity index (χ4v) is 3.48. The smallest absolute Gasteiger partial charge is 0.250 e. The number of hydrogen-bond donors (Lipinski definition) is 1. The Morgan fingerprint density at radius 3 is 2.45 bits per heavy atom. The molecule has 0 aliphatic rings. The van der Waals surface area contributed by atoms with Gasteiger partial charge in [-0.1, -0.05) is 48.0 Å². The average molecular weight is 463 g/mol. The van der Waals surface area contributed by atoms with E-state index in [-0.39, 0.29) is 49.7 Å². The van der Waals surface area contributed by atoms with Crippen LogP contribution in [0.1, 0.15) is 24.8 Å². The summed E-state index contributed by atoms with van der Waals surface area (Å²) in [6, 6.07) is 21.2. The number of carbonyl (C=O) groups is 2.